The Morgan fingerprint density at radius 3 is 2.27 bits per heavy atom. The van der Waals surface area contributed by atoms with Crippen LogP contribution >= 0.6 is 11.3 Å². The maximum atomic E-state index is 2.30. The average Bonchev–Trinajstić information content (AvgIpc) is 2.66. The topological polar surface area (TPSA) is 0 Å². The van der Waals surface area contributed by atoms with E-state index in [1.165, 1.54) is 15.6 Å². The molecule has 0 aliphatic rings. The minimum atomic E-state index is 0.260. The Morgan fingerprint density at radius 1 is 1.00 bits per heavy atom. The smallest absolute Gasteiger partial charge is 0.0342 e. The molecule has 0 saturated carbocycles. The number of thiophene rings is 1. The van der Waals surface area contributed by atoms with Crippen molar-refractivity contribution in [3.63, 3.8) is 0 Å². The third-order valence-electron chi connectivity index (χ3n) is 2.32. The van der Waals surface area contributed by atoms with Crippen LogP contribution in [0.2, 0.25) is 0 Å². The van der Waals surface area contributed by atoms with Gasteiger partial charge in [-0.2, -0.15) is 0 Å². The van der Waals surface area contributed by atoms with E-state index in [1.807, 2.05) is 13.8 Å². The molecule has 15 heavy (non-hydrogen) atoms. The van der Waals surface area contributed by atoms with Crippen LogP contribution in [0.25, 0.3) is 10.1 Å². The van der Waals surface area contributed by atoms with E-state index in [2.05, 4.69) is 50.4 Å². The zero-order valence-corrected chi connectivity index (χ0v) is 11.1. The highest BCUT2D eigenvalue weighted by Crippen LogP contribution is 2.28. The molecule has 0 aliphatic heterocycles. The Labute approximate surface area is 96.9 Å². The molecule has 2 rings (SSSR count). The van der Waals surface area contributed by atoms with Crippen LogP contribution in [0.5, 0.6) is 0 Å². The summed E-state index contributed by atoms with van der Waals surface area (Å²) in [6.07, 6.45) is 0. The Balaban J connectivity index is 0.000000531. The number of hydrogen-bond acceptors (Lipinski definition) is 1. The molecule has 82 valence electrons. The summed E-state index contributed by atoms with van der Waals surface area (Å²) in [4.78, 5) is 0. The Kier molecular flexibility index (Phi) is 3.92. The maximum absolute atomic E-state index is 2.30. The van der Waals surface area contributed by atoms with Gasteiger partial charge in [0.15, 0.2) is 0 Å². The summed E-state index contributed by atoms with van der Waals surface area (Å²) in [5, 5.41) is 3.52. The summed E-state index contributed by atoms with van der Waals surface area (Å²) < 4.78 is 1.38. The summed E-state index contributed by atoms with van der Waals surface area (Å²) in [5.74, 6) is 0. The van der Waals surface area contributed by atoms with Crippen LogP contribution < -0.4 is 0 Å². The molecule has 1 aromatic carbocycles. The van der Waals surface area contributed by atoms with E-state index in [1.54, 1.807) is 11.3 Å². The van der Waals surface area contributed by atoms with Crippen molar-refractivity contribution in [2.45, 2.75) is 40.0 Å². The van der Waals surface area contributed by atoms with Gasteiger partial charge in [0.25, 0.3) is 0 Å². The lowest BCUT2D eigenvalue weighted by atomic mass is 9.87. The molecule has 0 spiro atoms. The predicted octanol–water partition coefficient (Wildman–Crippen LogP) is 5.23. The molecule has 0 nitrogen and oxygen atoms in total. The van der Waals surface area contributed by atoms with Crippen LogP contribution in [0.4, 0.5) is 0 Å². The highest BCUT2D eigenvalue weighted by Gasteiger charge is 2.13. The van der Waals surface area contributed by atoms with Crippen LogP contribution in [0.3, 0.4) is 0 Å². The van der Waals surface area contributed by atoms with Gasteiger partial charge in [-0.15, -0.1) is 11.3 Å². The van der Waals surface area contributed by atoms with Gasteiger partial charge in [-0.1, -0.05) is 40.7 Å². The monoisotopic (exact) mass is 220 g/mol. The van der Waals surface area contributed by atoms with Crippen molar-refractivity contribution in [2.75, 3.05) is 0 Å². The van der Waals surface area contributed by atoms with E-state index in [0.29, 0.717) is 0 Å². The van der Waals surface area contributed by atoms with Crippen molar-refractivity contribution in [3.8, 4) is 0 Å². The van der Waals surface area contributed by atoms with Gasteiger partial charge in [0.05, 0.1) is 0 Å². The first kappa shape index (κ1) is 12.3. The van der Waals surface area contributed by atoms with Gasteiger partial charge >= 0.3 is 0 Å². The molecule has 0 radical (unpaired) electrons. The molecule has 0 unspecified atom stereocenters. The van der Waals surface area contributed by atoms with Gasteiger partial charge in [-0.3, -0.25) is 0 Å². The third-order valence-corrected chi connectivity index (χ3v) is 3.22. The van der Waals surface area contributed by atoms with Crippen molar-refractivity contribution >= 4 is 21.4 Å². The lowest BCUT2D eigenvalue weighted by Crippen LogP contribution is -2.10. The highest BCUT2D eigenvalue weighted by molar-refractivity contribution is 7.17. The van der Waals surface area contributed by atoms with Gasteiger partial charge in [-0.05, 0) is 39.9 Å². The maximum Gasteiger partial charge on any atom is 0.0342 e. The Bertz CT molecular complexity index is 418. The van der Waals surface area contributed by atoms with E-state index < -0.39 is 0 Å². The molecule has 0 saturated heterocycles. The summed E-state index contributed by atoms with van der Waals surface area (Å²) in [6.45, 7) is 10.8. The van der Waals surface area contributed by atoms with Crippen LogP contribution in [0.15, 0.2) is 29.6 Å². The molecule has 0 atom stereocenters. The lowest BCUT2D eigenvalue weighted by molar-refractivity contribution is 0.591. The summed E-state index contributed by atoms with van der Waals surface area (Å²) in [6, 6.07) is 8.94. The van der Waals surface area contributed by atoms with Crippen LogP contribution in [0, 0.1) is 0 Å². The SMILES string of the molecule is CC.CC(C)(C)c1ccc2sccc2c1. The second-order valence-corrected chi connectivity index (χ2v) is 5.37. The number of benzene rings is 1. The predicted molar refractivity (Wildman–Crippen MR) is 71.9 cm³/mol. The Morgan fingerprint density at radius 2 is 1.67 bits per heavy atom. The van der Waals surface area contributed by atoms with Gasteiger partial charge in [0.2, 0.25) is 0 Å². The first-order valence-corrected chi connectivity index (χ1v) is 6.43. The first-order valence-electron chi connectivity index (χ1n) is 5.55. The molecule has 0 aliphatic carbocycles. The molecule has 1 heterocycles. The molecule has 1 aromatic heterocycles. The minimum Gasteiger partial charge on any atom is -0.144 e. The second-order valence-electron chi connectivity index (χ2n) is 4.42. The van der Waals surface area contributed by atoms with Crippen molar-refractivity contribution in [1.82, 2.24) is 0 Å². The van der Waals surface area contributed by atoms with Crippen LogP contribution in [0.1, 0.15) is 40.2 Å². The fourth-order valence-corrected chi connectivity index (χ4v) is 2.20. The van der Waals surface area contributed by atoms with Gasteiger partial charge < -0.3 is 0 Å². The molecule has 1 heteroatoms. The molecule has 0 fully saturated rings. The number of hydrogen-bond donors (Lipinski definition) is 0. The quantitative estimate of drug-likeness (QED) is 0.570. The fourth-order valence-electron chi connectivity index (χ4n) is 1.43. The van der Waals surface area contributed by atoms with Crippen molar-refractivity contribution in [2.24, 2.45) is 0 Å². The Hall–Kier alpha value is -0.820. The fraction of sp³-hybridized carbons (Fsp3) is 0.429. The standard InChI is InChI=1S/C12H14S.C2H6/c1-12(2,3)10-4-5-11-9(8-10)6-7-13-11;1-2/h4-8H,1-3H3;1-2H3. The zero-order valence-electron chi connectivity index (χ0n) is 10.3. The van der Waals surface area contributed by atoms with Crippen molar-refractivity contribution < 1.29 is 0 Å². The van der Waals surface area contributed by atoms with Crippen LogP contribution in [-0.4, -0.2) is 0 Å². The van der Waals surface area contributed by atoms with Crippen molar-refractivity contribution in [3.05, 3.63) is 35.2 Å². The van der Waals surface area contributed by atoms with E-state index in [4.69, 9.17) is 0 Å². The molecular formula is C14H20S. The summed E-state index contributed by atoms with van der Waals surface area (Å²) in [5.41, 5.74) is 1.68. The molecule has 0 N–H and O–H groups in total. The van der Waals surface area contributed by atoms with Crippen molar-refractivity contribution in [1.29, 1.82) is 0 Å². The van der Waals surface area contributed by atoms with E-state index in [9.17, 15) is 0 Å². The lowest BCUT2D eigenvalue weighted by Gasteiger charge is -2.18. The first-order chi connectivity index (χ1) is 7.07. The van der Waals surface area contributed by atoms with Gasteiger partial charge in [-0.25, -0.2) is 0 Å². The summed E-state index contributed by atoms with van der Waals surface area (Å²) >= 11 is 1.81. The van der Waals surface area contributed by atoms with Crippen LogP contribution in [-0.2, 0) is 5.41 Å². The second kappa shape index (κ2) is 4.80. The van der Waals surface area contributed by atoms with E-state index in [0.717, 1.165) is 0 Å². The molecular weight excluding hydrogens is 200 g/mol. The molecule has 0 bridgehead atoms. The zero-order chi connectivity index (χ0) is 11.5. The minimum absolute atomic E-state index is 0.260. The highest BCUT2D eigenvalue weighted by atomic mass is 32.1. The number of rotatable bonds is 0. The normalized spacial score (nSPS) is 11.0. The average molecular weight is 220 g/mol. The number of fused-ring (bicyclic) bond motifs is 1. The third kappa shape index (κ3) is 2.82. The van der Waals surface area contributed by atoms with E-state index in [-0.39, 0.29) is 5.41 Å². The largest absolute Gasteiger partial charge is 0.144 e. The molecule has 2 aromatic rings. The van der Waals surface area contributed by atoms with E-state index >= 15 is 0 Å². The summed E-state index contributed by atoms with van der Waals surface area (Å²) in [7, 11) is 0. The van der Waals surface area contributed by atoms with Gasteiger partial charge in [0, 0.05) is 4.70 Å². The molecule has 0 amide bonds. The van der Waals surface area contributed by atoms with Gasteiger partial charge in [0.1, 0.15) is 0 Å².